The summed E-state index contributed by atoms with van der Waals surface area (Å²) in [4.78, 5) is 47.6. The molecule has 8 nitrogen and oxygen atoms in total. The Kier molecular flexibility index (Phi) is 4.98. The molecule has 0 aliphatic rings. The number of carbonyl (C=O) groups is 2. The number of hydrogen-bond donors (Lipinski definition) is 3. The minimum Gasteiger partial charge on any atom is -0.310 e. The van der Waals surface area contributed by atoms with Gasteiger partial charge in [0.25, 0.3) is 11.5 Å². The van der Waals surface area contributed by atoms with Crippen LogP contribution in [0.2, 0.25) is 0 Å². The fraction of sp³-hybridized carbons (Fsp3) is 0.0952. The van der Waals surface area contributed by atoms with Crippen LogP contribution in [0.4, 0.5) is 0 Å². The number of para-hydroxylation sites is 2. The van der Waals surface area contributed by atoms with E-state index in [1.54, 1.807) is 36.4 Å². The molecule has 2 heterocycles. The first-order valence-electron chi connectivity index (χ1n) is 9.03. The maximum atomic E-state index is 12.2. The molecule has 4 rings (SSSR count). The molecule has 0 aliphatic heterocycles. The molecule has 0 aliphatic carbocycles. The smallest absolute Gasteiger partial charge is 0.288 e. The lowest BCUT2D eigenvalue weighted by molar-refractivity contribution is -0.121. The van der Waals surface area contributed by atoms with Crippen molar-refractivity contribution in [2.45, 2.75) is 12.8 Å². The van der Waals surface area contributed by atoms with Gasteiger partial charge in [-0.1, -0.05) is 36.4 Å². The van der Waals surface area contributed by atoms with E-state index in [9.17, 15) is 14.4 Å². The third-order valence-corrected chi connectivity index (χ3v) is 4.40. The van der Waals surface area contributed by atoms with Crippen LogP contribution in [0.3, 0.4) is 0 Å². The number of amides is 2. The molecule has 0 spiro atoms. The van der Waals surface area contributed by atoms with Gasteiger partial charge in [-0.25, -0.2) is 9.97 Å². The van der Waals surface area contributed by atoms with Crippen LogP contribution in [0.15, 0.2) is 65.5 Å². The molecule has 0 bridgehead atoms. The number of aromatic nitrogens is 3. The van der Waals surface area contributed by atoms with Crippen LogP contribution in [-0.4, -0.2) is 26.8 Å². The third-order valence-electron chi connectivity index (χ3n) is 4.40. The molecule has 0 saturated heterocycles. The van der Waals surface area contributed by atoms with E-state index < -0.39 is 11.8 Å². The van der Waals surface area contributed by atoms with E-state index in [4.69, 9.17) is 0 Å². The molecular weight excluding hydrogens is 370 g/mol. The maximum Gasteiger partial charge on any atom is 0.288 e. The van der Waals surface area contributed by atoms with Gasteiger partial charge in [-0.05, 0) is 24.3 Å². The van der Waals surface area contributed by atoms with E-state index in [2.05, 4.69) is 25.8 Å². The Balaban J connectivity index is 1.35. The minimum atomic E-state index is -0.513. The van der Waals surface area contributed by atoms with Crippen LogP contribution in [0.1, 0.15) is 22.7 Å². The van der Waals surface area contributed by atoms with Crippen LogP contribution in [0.25, 0.3) is 21.8 Å². The molecule has 0 unspecified atom stereocenters. The Labute approximate surface area is 165 Å². The van der Waals surface area contributed by atoms with Gasteiger partial charge in [0.2, 0.25) is 5.91 Å². The number of rotatable bonds is 4. The van der Waals surface area contributed by atoms with Crippen LogP contribution >= 0.6 is 0 Å². The molecule has 2 aromatic heterocycles. The summed E-state index contributed by atoms with van der Waals surface area (Å²) in [6.07, 6.45) is 0.280. The fourth-order valence-corrected chi connectivity index (χ4v) is 2.93. The molecule has 0 fully saturated rings. The van der Waals surface area contributed by atoms with Crippen molar-refractivity contribution in [1.29, 1.82) is 0 Å². The summed E-state index contributed by atoms with van der Waals surface area (Å²) in [5.41, 5.74) is 5.91. The van der Waals surface area contributed by atoms with Gasteiger partial charge in [-0.3, -0.25) is 25.2 Å². The second-order valence-electron chi connectivity index (χ2n) is 6.42. The van der Waals surface area contributed by atoms with E-state index in [0.717, 1.165) is 5.39 Å². The molecular formula is C21H17N5O3. The molecule has 2 amide bonds. The zero-order valence-corrected chi connectivity index (χ0v) is 15.3. The molecule has 144 valence electrons. The summed E-state index contributed by atoms with van der Waals surface area (Å²) < 4.78 is 0. The monoisotopic (exact) mass is 387 g/mol. The van der Waals surface area contributed by atoms with Gasteiger partial charge in [-0.2, -0.15) is 0 Å². The minimum absolute atomic E-state index is 0.0483. The topological polar surface area (TPSA) is 117 Å². The molecule has 4 aromatic rings. The lowest BCUT2D eigenvalue weighted by atomic mass is 10.2. The predicted molar refractivity (Wildman–Crippen MR) is 108 cm³/mol. The Morgan fingerprint density at radius 3 is 2.48 bits per heavy atom. The number of aryl methyl sites for hydroxylation is 1. The summed E-state index contributed by atoms with van der Waals surface area (Å²) in [6, 6.07) is 17.8. The summed E-state index contributed by atoms with van der Waals surface area (Å²) in [5.74, 6) is -0.511. The number of aromatic amines is 1. The summed E-state index contributed by atoms with van der Waals surface area (Å²) in [7, 11) is 0. The second-order valence-corrected chi connectivity index (χ2v) is 6.42. The normalized spacial score (nSPS) is 10.8. The third kappa shape index (κ3) is 4.11. The van der Waals surface area contributed by atoms with Crippen molar-refractivity contribution in [3.05, 3.63) is 82.5 Å². The number of hydrogen-bond acceptors (Lipinski definition) is 5. The second kappa shape index (κ2) is 7.89. The van der Waals surface area contributed by atoms with Crippen molar-refractivity contribution in [1.82, 2.24) is 25.8 Å². The van der Waals surface area contributed by atoms with Crippen LogP contribution < -0.4 is 16.4 Å². The van der Waals surface area contributed by atoms with Crippen molar-refractivity contribution >= 4 is 33.6 Å². The quantitative estimate of drug-likeness (QED) is 0.462. The van der Waals surface area contributed by atoms with Crippen molar-refractivity contribution < 1.29 is 9.59 Å². The Bertz CT molecular complexity index is 1280. The standard InChI is InChI=1S/C21H17N5O3/c27-19(12-11-18-23-16-8-4-2-6-14(16)20(28)24-18)25-26-21(29)17-10-9-13-5-1-3-7-15(13)22-17/h1-10H,11-12H2,(H,25,27)(H,26,29)(H,23,24,28). The molecule has 29 heavy (non-hydrogen) atoms. The van der Waals surface area contributed by atoms with Crippen molar-refractivity contribution in [2.75, 3.05) is 0 Å². The predicted octanol–water partition coefficient (Wildman–Crippen LogP) is 1.87. The highest BCUT2D eigenvalue weighted by atomic mass is 16.2. The number of fused-ring (bicyclic) bond motifs is 2. The van der Waals surface area contributed by atoms with Gasteiger partial charge < -0.3 is 4.98 Å². The molecule has 8 heteroatoms. The maximum absolute atomic E-state index is 12.2. The zero-order chi connectivity index (χ0) is 20.2. The summed E-state index contributed by atoms with van der Waals surface area (Å²) in [6.45, 7) is 0. The Hall–Kier alpha value is -4.07. The Morgan fingerprint density at radius 2 is 1.62 bits per heavy atom. The average molecular weight is 387 g/mol. The highest BCUT2D eigenvalue weighted by molar-refractivity contribution is 5.95. The van der Waals surface area contributed by atoms with Gasteiger partial charge in [-0.15, -0.1) is 0 Å². The van der Waals surface area contributed by atoms with Crippen molar-refractivity contribution in [2.24, 2.45) is 0 Å². The molecule has 0 radical (unpaired) electrons. The SMILES string of the molecule is O=C(CCc1nc2ccccc2c(=O)[nH]1)NNC(=O)c1ccc2ccccc2n1. The van der Waals surface area contributed by atoms with E-state index in [-0.39, 0.29) is 24.1 Å². The number of carbonyl (C=O) groups excluding carboxylic acids is 2. The van der Waals surface area contributed by atoms with Crippen molar-refractivity contribution in [3.63, 3.8) is 0 Å². The highest BCUT2D eigenvalue weighted by Crippen LogP contribution is 2.11. The van der Waals surface area contributed by atoms with Gasteiger partial charge in [0.1, 0.15) is 11.5 Å². The lowest BCUT2D eigenvalue weighted by Gasteiger charge is -2.08. The van der Waals surface area contributed by atoms with Crippen LogP contribution in [0, 0.1) is 0 Å². The first kappa shape index (κ1) is 18.3. The van der Waals surface area contributed by atoms with E-state index in [0.29, 0.717) is 22.2 Å². The van der Waals surface area contributed by atoms with E-state index in [1.165, 1.54) is 0 Å². The van der Waals surface area contributed by atoms with Gasteiger partial charge >= 0.3 is 0 Å². The van der Waals surface area contributed by atoms with Gasteiger partial charge in [0, 0.05) is 18.2 Å². The van der Waals surface area contributed by atoms with E-state index in [1.807, 2.05) is 24.3 Å². The summed E-state index contributed by atoms with van der Waals surface area (Å²) >= 11 is 0. The fourth-order valence-electron chi connectivity index (χ4n) is 2.93. The van der Waals surface area contributed by atoms with Gasteiger partial charge in [0.15, 0.2) is 0 Å². The molecule has 3 N–H and O–H groups in total. The van der Waals surface area contributed by atoms with Crippen molar-refractivity contribution in [3.8, 4) is 0 Å². The number of nitrogens with one attached hydrogen (secondary N) is 3. The van der Waals surface area contributed by atoms with Crippen LogP contribution in [0.5, 0.6) is 0 Å². The molecule has 0 atom stereocenters. The van der Waals surface area contributed by atoms with Gasteiger partial charge in [0.05, 0.1) is 16.4 Å². The highest BCUT2D eigenvalue weighted by Gasteiger charge is 2.11. The number of H-pyrrole nitrogens is 1. The zero-order valence-electron chi connectivity index (χ0n) is 15.3. The number of benzene rings is 2. The van der Waals surface area contributed by atoms with Crippen LogP contribution in [-0.2, 0) is 11.2 Å². The first-order chi connectivity index (χ1) is 14.1. The molecule has 0 saturated carbocycles. The Morgan fingerprint density at radius 1 is 0.862 bits per heavy atom. The number of pyridine rings is 1. The largest absolute Gasteiger partial charge is 0.310 e. The lowest BCUT2D eigenvalue weighted by Crippen LogP contribution is -2.42. The summed E-state index contributed by atoms with van der Waals surface area (Å²) in [5, 5.41) is 1.42. The number of nitrogens with zero attached hydrogens (tertiary/aromatic N) is 2. The average Bonchev–Trinajstić information content (AvgIpc) is 2.75. The van der Waals surface area contributed by atoms with E-state index >= 15 is 0 Å². The first-order valence-corrected chi connectivity index (χ1v) is 9.03. The molecule has 2 aromatic carbocycles. The number of hydrazine groups is 1.